The van der Waals surface area contributed by atoms with E-state index in [4.69, 9.17) is 32.8 Å². The molecule has 2 aliphatic rings. The van der Waals surface area contributed by atoms with E-state index in [2.05, 4.69) is 37.2 Å². The Labute approximate surface area is 430 Å². The zero-order valence-corrected chi connectivity index (χ0v) is 43.1. The summed E-state index contributed by atoms with van der Waals surface area (Å²) in [6, 6.07) is -5.05. The average Bonchev–Trinajstić information content (AvgIpc) is 3.81. The van der Waals surface area contributed by atoms with Crippen molar-refractivity contribution in [3.63, 3.8) is 0 Å². The Morgan fingerprint density at radius 1 is 0.781 bits per heavy atom. The van der Waals surface area contributed by atoms with Gasteiger partial charge in [0.1, 0.15) is 48.0 Å². The van der Waals surface area contributed by atoms with Gasteiger partial charge < -0.3 is 75.3 Å². The molecule has 4 unspecified atom stereocenters. The Morgan fingerprint density at radius 3 is 1.93 bits per heavy atom. The zero-order valence-electron chi connectivity index (χ0n) is 41.4. The number of likely N-dealkylation sites (tertiary alicyclic amines) is 1. The highest BCUT2D eigenvalue weighted by atomic mass is 33.1. The van der Waals surface area contributed by atoms with E-state index in [1.165, 1.54) is 29.2 Å². The largest absolute Gasteiger partial charge is 0.508 e. The number of hydrogen-bond acceptors (Lipinski definition) is 16. The molecule has 1 aromatic carbocycles. The number of aromatic hydroxyl groups is 1. The van der Waals surface area contributed by atoms with Crippen LogP contribution in [0.5, 0.6) is 5.75 Å². The minimum absolute atomic E-state index is 0.0468. The Morgan fingerprint density at radius 2 is 1.36 bits per heavy atom. The number of carbonyl (C=O) groups excluding carboxylic acids is 11. The van der Waals surface area contributed by atoms with Crippen LogP contribution in [0, 0.1) is 11.8 Å². The maximum atomic E-state index is 14.5. The van der Waals surface area contributed by atoms with E-state index in [1.807, 2.05) is 13.8 Å². The van der Waals surface area contributed by atoms with Crippen molar-refractivity contribution in [1.29, 1.82) is 0 Å². The van der Waals surface area contributed by atoms with Crippen molar-refractivity contribution in [2.75, 3.05) is 24.6 Å². The zero-order chi connectivity index (χ0) is 55.1. The third kappa shape index (κ3) is 22.3. The van der Waals surface area contributed by atoms with E-state index in [0.29, 0.717) is 18.4 Å². The van der Waals surface area contributed by atoms with Gasteiger partial charge in [-0.2, -0.15) is 0 Å². The van der Waals surface area contributed by atoms with Gasteiger partial charge >= 0.3 is 0 Å². The van der Waals surface area contributed by atoms with Crippen LogP contribution in [0.2, 0.25) is 0 Å². The van der Waals surface area contributed by atoms with Gasteiger partial charge in [-0.1, -0.05) is 67.8 Å². The van der Waals surface area contributed by atoms with Crippen LogP contribution in [-0.4, -0.2) is 159 Å². The van der Waals surface area contributed by atoms with E-state index in [0.717, 1.165) is 28.5 Å². The number of phenolic OH excluding ortho intramolecular Hbond substituents is 1. The molecule has 0 spiro atoms. The average molecular weight is 1070 g/mol. The van der Waals surface area contributed by atoms with Crippen LogP contribution in [0.25, 0.3) is 0 Å². The molecule has 2 heterocycles. The fourth-order valence-corrected chi connectivity index (χ4v) is 9.62. The third-order valence-electron chi connectivity index (χ3n) is 11.3. The summed E-state index contributed by atoms with van der Waals surface area (Å²) in [4.78, 5) is 157. The molecule has 1 aromatic rings. The van der Waals surface area contributed by atoms with Crippen LogP contribution in [0.1, 0.15) is 85.1 Å². The number of nitrogens with one attached hydrogen (secondary N) is 7. The number of carbonyl (C=O) groups is 12. The second-order valence-electron chi connectivity index (χ2n) is 17.9. The van der Waals surface area contributed by atoms with Crippen molar-refractivity contribution in [1.82, 2.24) is 42.1 Å². The van der Waals surface area contributed by atoms with Gasteiger partial charge in [-0.3, -0.25) is 57.5 Å². The first-order chi connectivity index (χ1) is 34.2. The first-order valence-corrected chi connectivity index (χ1v) is 26.0. The number of amides is 11. The van der Waals surface area contributed by atoms with Crippen molar-refractivity contribution < 1.29 is 67.7 Å². The van der Waals surface area contributed by atoms with Crippen molar-refractivity contribution in [3.8, 4) is 5.75 Å². The van der Waals surface area contributed by atoms with Gasteiger partial charge in [-0.15, -0.1) is 0 Å². The van der Waals surface area contributed by atoms with E-state index < -0.39 is 151 Å². The van der Waals surface area contributed by atoms with E-state index in [-0.39, 0.29) is 49.0 Å². The lowest BCUT2D eigenvalue weighted by Crippen LogP contribution is -2.61. The normalized spacial score (nSPS) is 23.3. The minimum atomic E-state index is -1.75. The Bertz CT molecular complexity index is 2150. The summed E-state index contributed by atoms with van der Waals surface area (Å²) < 4.78 is 0. The summed E-state index contributed by atoms with van der Waals surface area (Å²) in [6.45, 7) is 7.69. The lowest BCUT2D eigenvalue weighted by Gasteiger charge is -2.31. The van der Waals surface area contributed by atoms with E-state index in [1.54, 1.807) is 13.8 Å². The Hall–Kier alpha value is -6.68. The van der Waals surface area contributed by atoms with E-state index in [9.17, 15) is 57.8 Å². The Balaban J connectivity index is 0.00000439. The smallest absolute Gasteiger partial charge is 0.300 e. The number of primary amides is 3. The van der Waals surface area contributed by atoms with Crippen molar-refractivity contribution in [2.45, 2.75) is 134 Å². The van der Waals surface area contributed by atoms with Gasteiger partial charge in [0.2, 0.25) is 65.0 Å². The second-order valence-corrected chi connectivity index (χ2v) is 20.5. The maximum Gasteiger partial charge on any atom is 0.300 e. The molecule has 73 heavy (non-hydrogen) atoms. The number of phenols is 1. The molecule has 406 valence electrons. The van der Waals surface area contributed by atoms with Crippen LogP contribution in [0.3, 0.4) is 0 Å². The summed E-state index contributed by atoms with van der Waals surface area (Å²) in [5.74, 6) is -11.2. The lowest BCUT2D eigenvalue weighted by atomic mass is 9.96. The van der Waals surface area contributed by atoms with Gasteiger partial charge in [0, 0.05) is 37.8 Å². The van der Waals surface area contributed by atoms with Crippen LogP contribution in [0.4, 0.5) is 0 Å². The van der Waals surface area contributed by atoms with Gasteiger partial charge in [0.05, 0.1) is 19.0 Å². The summed E-state index contributed by atoms with van der Waals surface area (Å²) in [7, 11) is 2.05. The topological polar surface area (TPSA) is 437 Å². The molecule has 0 aromatic heterocycles. The molecule has 0 aliphatic carbocycles. The van der Waals surface area contributed by atoms with E-state index >= 15 is 0 Å². The number of carboxylic acids is 1. The fraction of sp³-hybridized carbons (Fsp3) is 0.600. The second kappa shape index (κ2) is 31.0. The molecular formula is C45H70N12O14S2. The predicted molar refractivity (Wildman–Crippen MR) is 268 cm³/mol. The first-order valence-electron chi connectivity index (χ1n) is 23.5. The number of rotatable bonds is 17. The van der Waals surface area contributed by atoms with Crippen molar-refractivity contribution in [2.24, 2.45) is 34.8 Å². The molecule has 17 N–H and O–H groups in total. The summed E-state index contributed by atoms with van der Waals surface area (Å²) in [6.07, 6.45) is -0.694. The number of carboxylic acid groups (broad SMARTS) is 1. The number of aliphatic carboxylic acids is 1. The summed E-state index contributed by atoms with van der Waals surface area (Å²) in [5, 5.41) is 35.1. The molecule has 28 heteroatoms. The standard InChI is InChI=1S/C43H66N12O12S2.C2H4O2/c1-5-22(4)35-42(66)49-26(12-13-32(45)57)38(62)51-29(17-33(46)58)39(63)53-30(20-69-68-19-25(44)36(60)50-28(40(64)54-35)16-23-8-10-24(56)11-9-23)43(67)55-14-6-7-31(55)41(65)52-27(15-21(2)3)37(61)48-18-34(47)59;1-2(3)4/h8-11,21-22,25-31,35,56H,5-7,12-20,44H2,1-4H3,(H2,45,57)(H2,46,58)(H2,47,59)(H,48,61)(H,49,66)(H,50,60)(H,51,62)(H,52,65)(H,53,63)(H,54,64);1H3,(H,3,4)/t22-,25-,26-,27-,28?,29?,30?,31-,35?;/m0./s1. The van der Waals surface area contributed by atoms with Crippen LogP contribution >= 0.6 is 21.6 Å². The quantitative estimate of drug-likeness (QED) is 0.0673. The molecule has 2 saturated heterocycles. The summed E-state index contributed by atoms with van der Waals surface area (Å²) >= 11 is 0. The SMILES string of the molecule is CC(=O)O.CC[C@H](C)C1NC(=O)C(Cc2ccc(O)cc2)NC(=O)[C@@H](N)CSSCC(C(=O)N2CCC[C@H]2C(=O)N[C@@H](CC(C)C)C(=O)NCC(N)=O)NC(=O)C(CC(N)=O)NC(=O)[C@H](CCC(N)=O)NC1=O. The molecule has 26 nitrogen and oxygen atoms in total. The molecule has 2 aliphatic heterocycles. The number of benzene rings is 1. The highest BCUT2D eigenvalue weighted by Crippen LogP contribution is 2.26. The molecule has 3 rings (SSSR count). The van der Waals surface area contributed by atoms with Crippen LogP contribution in [-0.2, 0) is 64.0 Å². The fourth-order valence-electron chi connectivity index (χ4n) is 7.34. The van der Waals surface area contributed by atoms with Crippen LogP contribution in [0.15, 0.2) is 24.3 Å². The lowest BCUT2D eigenvalue weighted by molar-refractivity contribution is -0.142. The molecule has 0 bridgehead atoms. The molecule has 9 atom stereocenters. The predicted octanol–water partition coefficient (Wildman–Crippen LogP) is -3.52. The van der Waals surface area contributed by atoms with Gasteiger partial charge in [0.25, 0.3) is 5.97 Å². The highest BCUT2D eigenvalue weighted by molar-refractivity contribution is 8.76. The monoisotopic (exact) mass is 1070 g/mol. The minimum Gasteiger partial charge on any atom is -0.508 e. The molecule has 0 saturated carbocycles. The van der Waals surface area contributed by atoms with Crippen molar-refractivity contribution in [3.05, 3.63) is 29.8 Å². The van der Waals surface area contributed by atoms with Gasteiger partial charge in [0.15, 0.2) is 0 Å². The highest BCUT2D eigenvalue weighted by Gasteiger charge is 2.41. The van der Waals surface area contributed by atoms with Gasteiger partial charge in [-0.05, 0) is 55.2 Å². The van der Waals surface area contributed by atoms with Crippen LogP contribution < -0.4 is 60.2 Å². The third-order valence-corrected chi connectivity index (χ3v) is 13.7. The van der Waals surface area contributed by atoms with Crippen molar-refractivity contribution >= 4 is 92.5 Å². The van der Waals surface area contributed by atoms with Gasteiger partial charge in [-0.25, -0.2) is 0 Å². The number of hydrogen-bond donors (Lipinski definition) is 13. The molecule has 0 radical (unpaired) electrons. The Kier molecular flexibility index (Phi) is 26.5. The molecule has 2 fully saturated rings. The molecular weight excluding hydrogens is 997 g/mol. The first kappa shape index (κ1) is 62.4. The number of nitrogens with zero attached hydrogens (tertiary/aromatic N) is 1. The molecule has 11 amide bonds. The number of nitrogens with two attached hydrogens (primary N) is 4. The maximum absolute atomic E-state index is 14.5. The summed E-state index contributed by atoms with van der Waals surface area (Å²) in [5.41, 5.74) is 22.9.